The van der Waals surface area contributed by atoms with Crippen molar-refractivity contribution in [2.45, 2.75) is 19.0 Å². The fourth-order valence-corrected chi connectivity index (χ4v) is 1.98. The van der Waals surface area contributed by atoms with E-state index in [1.807, 2.05) is 0 Å². The van der Waals surface area contributed by atoms with Gasteiger partial charge in [0.25, 0.3) is 0 Å². The third-order valence-corrected chi connectivity index (χ3v) is 5.41. The number of carbonyl (C=O) groups is 1. The van der Waals surface area contributed by atoms with Crippen molar-refractivity contribution >= 4 is 14.5 Å². The van der Waals surface area contributed by atoms with Crippen LogP contribution in [-0.4, -0.2) is 33.9 Å². The van der Waals surface area contributed by atoms with E-state index in [2.05, 4.69) is 0 Å². The lowest BCUT2D eigenvalue weighted by molar-refractivity contribution is -0.137. The lowest BCUT2D eigenvalue weighted by atomic mass is 10.5. The fraction of sp³-hybridized carbons (Fsp3) is 0.833. The summed E-state index contributed by atoms with van der Waals surface area (Å²) in [6.07, 6.45) is 0. The summed E-state index contributed by atoms with van der Waals surface area (Å²) in [5, 5.41) is 8.65. The third-order valence-electron chi connectivity index (χ3n) is 1.97. The quantitative estimate of drug-likeness (QED) is 0.648. The molecule has 0 aliphatic heterocycles. The van der Waals surface area contributed by atoms with Gasteiger partial charge in [-0.1, -0.05) is 0 Å². The minimum absolute atomic E-state index is 0.544. The summed E-state index contributed by atoms with van der Waals surface area (Å²) in [5.74, 6) is -0.872. The van der Waals surface area contributed by atoms with Crippen molar-refractivity contribution in [3.05, 3.63) is 0 Å². The van der Waals surface area contributed by atoms with Gasteiger partial charge in [-0.3, -0.25) is 4.79 Å². The molecule has 1 unspecified atom stereocenters. The fourth-order valence-electron chi connectivity index (χ4n) is 0.661. The Morgan fingerprint density at radius 3 is 1.91 bits per heavy atom. The van der Waals surface area contributed by atoms with Crippen molar-refractivity contribution in [3.63, 3.8) is 0 Å². The van der Waals surface area contributed by atoms with Crippen LogP contribution in [0.4, 0.5) is 0 Å². The van der Waals surface area contributed by atoms with Crippen LogP contribution in [0.15, 0.2) is 0 Å². The first-order valence-electron chi connectivity index (χ1n) is 3.31. The molecule has 0 spiro atoms. The van der Waals surface area contributed by atoms with Gasteiger partial charge in [0.1, 0.15) is 0 Å². The average molecular weight is 178 g/mol. The monoisotopic (exact) mass is 178 g/mol. The van der Waals surface area contributed by atoms with Crippen LogP contribution in [0.1, 0.15) is 6.92 Å². The van der Waals surface area contributed by atoms with Gasteiger partial charge in [0.05, 0.1) is 5.54 Å². The van der Waals surface area contributed by atoms with Gasteiger partial charge in [0.15, 0.2) is 0 Å². The van der Waals surface area contributed by atoms with E-state index in [9.17, 15) is 4.79 Å². The number of carboxylic acids is 1. The van der Waals surface area contributed by atoms with Gasteiger partial charge < -0.3 is 14.0 Å². The van der Waals surface area contributed by atoms with E-state index in [1.165, 1.54) is 14.2 Å². The molecule has 0 amide bonds. The van der Waals surface area contributed by atoms with Gasteiger partial charge in [-0.2, -0.15) is 0 Å². The van der Waals surface area contributed by atoms with E-state index in [4.69, 9.17) is 14.0 Å². The number of hydrogen-bond donors (Lipinski definition) is 1. The Kier molecular flexibility index (Phi) is 3.71. The van der Waals surface area contributed by atoms with Crippen LogP contribution in [0.2, 0.25) is 12.1 Å². The molecular formula is C6H14O4Si. The molecule has 66 valence electrons. The average Bonchev–Trinajstić information content (AvgIpc) is 2.01. The lowest BCUT2D eigenvalue weighted by Gasteiger charge is -2.26. The molecule has 11 heavy (non-hydrogen) atoms. The third kappa shape index (κ3) is 2.28. The van der Waals surface area contributed by atoms with Crippen LogP contribution in [0.25, 0.3) is 0 Å². The maximum atomic E-state index is 10.5. The summed E-state index contributed by atoms with van der Waals surface area (Å²) in [5.41, 5.74) is -0.544. The van der Waals surface area contributed by atoms with Crippen LogP contribution in [0.3, 0.4) is 0 Å². The number of carboxylic acid groups (broad SMARTS) is 1. The van der Waals surface area contributed by atoms with Crippen LogP contribution >= 0.6 is 0 Å². The molecule has 0 bridgehead atoms. The number of aliphatic carboxylic acids is 1. The van der Waals surface area contributed by atoms with Gasteiger partial charge in [-0.15, -0.1) is 0 Å². The first-order chi connectivity index (χ1) is 4.98. The van der Waals surface area contributed by atoms with Gasteiger partial charge in [0.2, 0.25) is 0 Å². The Morgan fingerprint density at radius 1 is 1.45 bits per heavy atom. The van der Waals surface area contributed by atoms with E-state index >= 15 is 0 Å². The van der Waals surface area contributed by atoms with E-state index in [-0.39, 0.29) is 0 Å². The molecule has 4 nitrogen and oxygen atoms in total. The van der Waals surface area contributed by atoms with Crippen molar-refractivity contribution in [2.75, 3.05) is 14.2 Å². The van der Waals surface area contributed by atoms with Crippen molar-refractivity contribution in [1.82, 2.24) is 0 Å². The molecule has 0 aromatic rings. The molecule has 0 aromatic carbocycles. The summed E-state index contributed by atoms with van der Waals surface area (Å²) < 4.78 is 10.1. The molecule has 0 saturated carbocycles. The molecule has 1 N–H and O–H groups in total. The Labute approximate surface area is 67.4 Å². The van der Waals surface area contributed by atoms with Gasteiger partial charge >= 0.3 is 14.5 Å². The summed E-state index contributed by atoms with van der Waals surface area (Å²) in [7, 11) is 0.499. The van der Waals surface area contributed by atoms with E-state index in [0.29, 0.717) is 0 Å². The number of rotatable bonds is 4. The highest BCUT2D eigenvalue weighted by Crippen LogP contribution is 2.22. The molecule has 0 heterocycles. The van der Waals surface area contributed by atoms with Crippen LogP contribution in [-0.2, 0) is 13.6 Å². The van der Waals surface area contributed by atoms with Crippen molar-refractivity contribution in [1.29, 1.82) is 0 Å². The molecule has 0 aromatic heterocycles. The SMILES string of the molecule is CO[Si](C)(OC)C(C)C(=O)O. The highest BCUT2D eigenvalue weighted by Gasteiger charge is 2.41. The Bertz CT molecular complexity index is 144. The summed E-state index contributed by atoms with van der Waals surface area (Å²) >= 11 is 0. The molecule has 0 radical (unpaired) electrons. The molecule has 0 saturated heterocycles. The molecule has 5 heteroatoms. The van der Waals surface area contributed by atoms with Gasteiger partial charge in [-0.05, 0) is 13.5 Å². The predicted octanol–water partition coefficient (Wildman–Crippen LogP) is 0.826. The standard InChI is InChI=1S/C6H14O4Si/c1-5(6(7)8)11(4,9-2)10-3/h5H,1-4H3,(H,7,8). The zero-order chi connectivity index (χ0) is 9.07. The minimum atomic E-state index is -2.46. The summed E-state index contributed by atoms with van der Waals surface area (Å²) in [4.78, 5) is 10.5. The zero-order valence-electron chi connectivity index (χ0n) is 7.25. The van der Waals surface area contributed by atoms with Crippen LogP contribution in [0, 0.1) is 0 Å². The summed E-state index contributed by atoms with van der Waals surface area (Å²) in [6, 6.07) is 0. The van der Waals surface area contributed by atoms with Crippen molar-refractivity contribution < 1.29 is 18.8 Å². The van der Waals surface area contributed by atoms with E-state index in [0.717, 1.165) is 0 Å². The normalized spacial score (nSPS) is 14.5. The Balaban J connectivity index is 4.36. The maximum absolute atomic E-state index is 10.5. The second-order valence-electron chi connectivity index (χ2n) is 2.48. The Hall–Kier alpha value is -0.393. The van der Waals surface area contributed by atoms with Gasteiger partial charge in [-0.25, -0.2) is 0 Å². The second kappa shape index (κ2) is 3.84. The van der Waals surface area contributed by atoms with Crippen molar-refractivity contribution in [2.24, 2.45) is 0 Å². The smallest absolute Gasteiger partial charge is 0.348 e. The summed E-state index contributed by atoms with van der Waals surface area (Å²) in [6.45, 7) is 3.33. The Morgan fingerprint density at radius 2 is 1.82 bits per heavy atom. The minimum Gasteiger partial charge on any atom is -0.481 e. The zero-order valence-corrected chi connectivity index (χ0v) is 8.25. The molecular weight excluding hydrogens is 164 g/mol. The lowest BCUT2D eigenvalue weighted by Crippen LogP contribution is -2.43. The maximum Gasteiger partial charge on any atom is 0.348 e. The highest BCUT2D eigenvalue weighted by atomic mass is 28.4. The molecule has 0 fully saturated rings. The second-order valence-corrected chi connectivity index (χ2v) is 6.20. The molecule has 0 rings (SSSR count). The van der Waals surface area contributed by atoms with E-state index in [1.54, 1.807) is 13.5 Å². The number of hydrogen-bond acceptors (Lipinski definition) is 3. The molecule has 0 aliphatic carbocycles. The van der Waals surface area contributed by atoms with Crippen molar-refractivity contribution in [3.8, 4) is 0 Å². The molecule has 1 atom stereocenters. The largest absolute Gasteiger partial charge is 0.481 e. The topological polar surface area (TPSA) is 55.8 Å². The predicted molar refractivity (Wildman–Crippen MR) is 42.7 cm³/mol. The van der Waals surface area contributed by atoms with Crippen LogP contribution < -0.4 is 0 Å². The van der Waals surface area contributed by atoms with E-state index < -0.39 is 20.1 Å². The van der Waals surface area contributed by atoms with Gasteiger partial charge in [0, 0.05) is 14.2 Å². The first-order valence-corrected chi connectivity index (χ1v) is 5.70. The molecule has 0 aliphatic rings. The van der Waals surface area contributed by atoms with Crippen LogP contribution in [0.5, 0.6) is 0 Å². The first kappa shape index (κ1) is 10.6. The highest BCUT2D eigenvalue weighted by molar-refractivity contribution is 6.70.